The van der Waals surface area contributed by atoms with Crippen LogP contribution in [0.1, 0.15) is 43.5 Å². The minimum absolute atomic E-state index is 0.205. The fraction of sp³-hybridized carbons (Fsp3) is 0.304. The first-order valence-electron chi connectivity index (χ1n) is 9.45. The first-order valence-corrected chi connectivity index (χ1v) is 9.45. The summed E-state index contributed by atoms with van der Waals surface area (Å²) in [6.45, 7) is 3.76. The van der Waals surface area contributed by atoms with Gasteiger partial charge in [0.15, 0.2) is 5.78 Å². The largest absolute Gasteiger partial charge is 0.364 e. The quantitative estimate of drug-likeness (QED) is 0.788. The van der Waals surface area contributed by atoms with Crippen molar-refractivity contribution in [1.29, 1.82) is 0 Å². The number of hydrogen-bond acceptors (Lipinski definition) is 3. The average Bonchev–Trinajstić information content (AvgIpc) is 2.66. The van der Waals surface area contributed by atoms with Gasteiger partial charge in [0, 0.05) is 19.2 Å². The Morgan fingerprint density at radius 1 is 1.10 bits per heavy atom. The minimum Gasteiger partial charge on any atom is -0.364 e. The number of amides is 1. The van der Waals surface area contributed by atoms with Crippen LogP contribution in [-0.4, -0.2) is 29.1 Å². The second-order valence-electron chi connectivity index (χ2n) is 7.47. The number of nitrogens with zero attached hydrogens (tertiary/aromatic N) is 1. The SMILES string of the molecule is CC(=O)[C@@H](NC(=O)C1=C(C)N(CC(C)(F)F)Cc2ccccc21)c1ccccc1. The molecule has 0 fully saturated rings. The van der Waals surface area contributed by atoms with Crippen LogP contribution in [-0.2, 0) is 16.1 Å². The molecule has 6 heteroatoms. The predicted octanol–water partition coefficient (Wildman–Crippen LogP) is 4.33. The van der Waals surface area contributed by atoms with Gasteiger partial charge >= 0.3 is 0 Å². The second kappa shape index (κ2) is 8.15. The molecule has 0 unspecified atom stereocenters. The fourth-order valence-electron chi connectivity index (χ4n) is 3.64. The lowest BCUT2D eigenvalue weighted by Crippen LogP contribution is -2.39. The van der Waals surface area contributed by atoms with Gasteiger partial charge < -0.3 is 10.2 Å². The lowest BCUT2D eigenvalue weighted by atomic mass is 9.92. The van der Waals surface area contributed by atoms with Crippen LogP contribution in [0.25, 0.3) is 5.57 Å². The number of halogens is 2. The lowest BCUT2D eigenvalue weighted by Gasteiger charge is -2.35. The van der Waals surface area contributed by atoms with E-state index in [2.05, 4.69) is 5.32 Å². The summed E-state index contributed by atoms with van der Waals surface area (Å²) >= 11 is 0. The highest BCUT2D eigenvalue weighted by molar-refractivity contribution is 6.21. The zero-order valence-electron chi connectivity index (χ0n) is 16.7. The molecule has 1 amide bonds. The van der Waals surface area contributed by atoms with Crippen LogP contribution in [0.15, 0.2) is 60.3 Å². The topological polar surface area (TPSA) is 49.4 Å². The summed E-state index contributed by atoms with van der Waals surface area (Å²) in [4.78, 5) is 27.0. The number of carbonyl (C=O) groups excluding carboxylic acids is 2. The molecule has 0 spiro atoms. The third-order valence-corrected chi connectivity index (χ3v) is 4.99. The van der Waals surface area contributed by atoms with Gasteiger partial charge in [-0.2, -0.15) is 0 Å². The van der Waals surface area contributed by atoms with Crippen LogP contribution in [0, 0.1) is 0 Å². The van der Waals surface area contributed by atoms with Gasteiger partial charge in [-0.1, -0.05) is 54.6 Å². The van der Waals surface area contributed by atoms with E-state index in [0.29, 0.717) is 28.9 Å². The Balaban J connectivity index is 1.99. The van der Waals surface area contributed by atoms with Gasteiger partial charge in [-0.15, -0.1) is 0 Å². The smallest absolute Gasteiger partial charge is 0.262 e. The van der Waals surface area contributed by atoms with Crippen molar-refractivity contribution in [3.63, 3.8) is 0 Å². The normalized spacial score (nSPS) is 15.0. The molecule has 0 aromatic heterocycles. The first kappa shape index (κ1) is 20.7. The molecule has 4 nitrogen and oxygen atoms in total. The number of ketones is 1. The van der Waals surface area contributed by atoms with Gasteiger partial charge in [-0.25, -0.2) is 8.78 Å². The van der Waals surface area contributed by atoms with Crippen LogP contribution in [0.3, 0.4) is 0 Å². The van der Waals surface area contributed by atoms with Gasteiger partial charge in [-0.3, -0.25) is 9.59 Å². The van der Waals surface area contributed by atoms with Crippen molar-refractivity contribution < 1.29 is 18.4 Å². The van der Waals surface area contributed by atoms with Crippen LogP contribution in [0.2, 0.25) is 0 Å². The van der Waals surface area contributed by atoms with Crippen molar-refractivity contribution in [3.05, 3.63) is 77.0 Å². The monoisotopic (exact) mass is 398 g/mol. The van der Waals surface area contributed by atoms with Crippen molar-refractivity contribution in [3.8, 4) is 0 Å². The standard InChI is InChI=1S/C23H24F2N2O2/c1-15-20(22(29)26-21(16(2)28)17-9-5-4-6-10-17)19-12-8-7-11-18(19)13-27(15)14-23(3,24)25/h4-12,21H,13-14H2,1-3H3,(H,26,29)/t21-/m1/s1. The third kappa shape index (κ3) is 4.70. The highest BCUT2D eigenvalue weighted by atomic mass is 19.3. The fourth-order valence-corrected chi connectivity index (χ4v) is 3.64. The van der Waals surface area contributed by atoms with Gasteiger partial charge in [-0.05, 0) is 30.5 Å². The summed E-state index contributed by atoms with van der Waals surface area (Å²) in [6, 6.07) is 15.4. The maximum Gasteiger partial charge on any atom is 0.262 e. The van der Waals surface area contributed by atoms with Gasteiger partial charge in [0.25, 0.3) is 11.8 Å². The Kier molecular flexibility index (Phi) is 5.82. The number of rotatable bonds is 6. The maximum atomic E-state index is 13.7. The number of hydrogen-bond donors (Lipinski definition) is 1. The second-order valence-corrected chi connectivity index (χ2v) is 7.47. The molecule has 0 radical (unpaired) electrons. The molecule has 1 heterocycles. The zero-order chi connectivity index (χ0) is 21.2. The molecule has 0 bridgehead atoms. The van der Waals surface area contributed by atoms with Gasteiger partial charge in [0.1, 0.15) is 6.04 Å². The Labute approximate surface area is 169 Å². The van der Waals surface area contributed by atoms with Crippen LogP contribution in [0.4, 0.5) is 8.78 Å². The Morgan fingerprint density at radius 2 is 1.72 bits per heavy atom. The summed E-state index contributed by atoms with van der Waals surface area (Å²) in [5.74, 6) is -3.56. The lowest BCUT2D eigenvalue weighted by molar-refractivity contribution is -0.124. The number of allylic oxidation sites excluding steroid dienone is 1. The average molecular weight is 398 g/mol. The molecule has 1 atom stereocenters. The first-order chi connectivity index (χ1) is 13.7. The van der Waals surface area contributed by atoms with Crippen LogP contribution >= 0.6 is 0 Å². The Morgan fingerprint density at radius 3 is 2.34 bits per heavy atom. The molecule has 0 saturated heterocycles. The van der Waals surface area contributed by atoms with Crippen LogP contribution in [0.5, 0.6) is 0 Å². The summed E-state index contributed by atoms with van der Waals surface area (Å²) < 4.78 is 27.4. The van der Waals surface area contributed by atoms with Crippen molar-refractivity contribution in [2.75, 3.05) is 6.54 Å². The highest BCUT2D eigenvalue weighted by Crippen LogP contribution is 2.34. The van der Waals surface area contributed by atoms with Crippen molar-refractivity contribution >= 4 is 17.3 Å². The Hall–Kier alpha value is -3.02. The number of carbonyl (C=O) groups is 2. The van der Waals surface area contributed by atoms with E-state index in [1.165, 1.54) is 11.8 Å². The van der Waals surface area contributed by atoms with E-state index in [0.717, 1.165) is 12.5 Å². The van der Waals surface area contributed by atoms with Crippen LogP contribution < -0.4 is 5.32 Å². The molecule has 1 aliphatic heterocycles. The molecule has 29 heavy (non-hydrogen) atoms. The number of benzene rings is 2. The van der Waals surface area contributed by atoms with E-state index >= 15 is 0 Å². The summed E-state index contributed by atoms with van der Waals surface area (Å²) in [5.41, 5.74) is 2.96. The highest BCUT2D eigenvalue weighted by Gasteiger charge is 2.33. The maximum absolute atomic E-state index is 13.7. The third-order valence-electron chi connectivity index (χ3n) is 4.99. The molecule has 2 aromatic carbocycles. The molecule has 3 rings (SSSR count). The van der Waals surface area contributed by atoms with Crippen molar-refractivity contribution in [1.82, 2.24) is 10.2 Å². The molecule has 1 N–H and O–H groups in total. The number of alkyl halides is 2. The summed E-state index contributed by atoms with van der Waals surface area (Å²) in [6.07, 6.45) is 0. The molecule has 2 aromatic rings. The van der Waals surface area contributed by atoms with E-state index in [1.54, 1.807) is 37.3 Å². The van der Waals surface area contributed by atoms with E-state index in [9.17, 15) is 18.4 Å². The van der Waals surface area contributed by atoms with Gasteiger partial charge in [0.2, 0.25) is 0 Å². The molecule has 152 valence electrons. The van der Waals surface area contributed by atoms with E-state index < -0.39 is 24.4 Å². The van der Waals surface area contributed by atoms with Gasteiger partial charge in [0.05, 0.1) is 12.1 Å². The molecule has 1 aliphatic rings. The van der Waals surface area contributed by atoms with E-state index in [-0.39, 0.29) is 5.78 Å². The van der Waals surface area contributed by atoms with Crippen molar-refractivity contribution in [2.24, 2.45) is 0 Å². The molecule has 0 aliphatic carbocycles. The predicted molar refractivity (Wildman–Crippen MR) is 108 cm³/mol. The number of nitrogens with one attached hydrogen (secondary N) is 1. The van der Waals surface area contributed by atoms with E-state index in [4.69, 9.17) is 0 Å². The number of fused-ring (bicyclic) bond motifs is 1. The minimum atomic E-state index is -2.90. The van der Waals surface area contributed by atoms with Crippen molar-refractivity contribution in [2.45, 2.75) is 39.3 Å². The Bertz CT molecular complexity index is 949. The van der Waals surface area contributed by atoms with E-state index in [1.807, 2.05) is 24.3 Å². The molecular weight excluding hydrogens is 374 g/mol. The molecule has 0 saturated carbocycles. The summed E-state index contributed by atoms with van der Waals surface area (Å²) in [7, 11) is 0. The summed E-state index contributed by atoms with van der Waals surface area (Å²) in [5, 5.41) is 2.80. The molecular formula is C23H24F2N2O2. The number of Topliss-reactive ketones (excluding diaryl/α,β-unsaturated/α-hetero) is 1. The zero-order valence-corrected chi connectivity index (χ0v) is 16.7.